The van der Waals surface area contributed by atoms with Crippen molar-refractivity contribution in [3.63, 3.8) is 0 Å². The zero-order valence-corrected chi connectivity index (χ0v) is 18.1. The Labute approximate surface area is 193 Å². The highest BCUT2D eigenvalue weighted by Crippen LogP contribution is 2.36. The molecule has 11 heteroatoms. The molecule has 3 atom stereocenters. The maximum atomic E-state index is 12.7. The van der Waals surface area contributed by atoms with Gasteiger partial charge in [0.15, 0.2) is 0 Å². The average Bonchev–Trinajstić information content (AvgIpc) is 3.38. The van der Waals surface area contributed by atoms with Gasteiger partial charge in [-0.05, 0) is 48.2 Å². The molecule has 1 aromatic carbocycles. The average molecular weight is 482 g/mol. The molecule has 3 heterocycles. The van der Waals surface area contributed by atoms with E-state index in [-0.39, 0.29) is 17.8 Å². The monoisotopic (exact) mass is 482 g/mol. The number of hydrogen-bond acceptors (Lipinski definition) is 6. The highest BCUT2D eigenvalue weighted by atomic mass is 19.4. The Balaban J connectivity index is 0.000000406. The molecule has 2 fully saturated rings. The number of amides is 1. The summed E-state index contributed by atoms with van der Waals surface area (Å²) in [6, 6.07) is 10.4. The molecule has 8 nitrogen and oxygen atoms in total. The van der Waals surface area contributed by atoms with E-state index in [1.54, 1.807) is 30.6 Å². The van der Waals surface area contributed by atoms with E-state index in [0.717, 1.165) is 18.6 Å². The lowest BCUT2D eigenvalue weighted by atomic mass is 9.91. The van der Waals surface area contributed by atoms with Crippen molar-refractivity contribution in [2.45, 2.75) is 25.3 Å². The lowest BCUT2D eigenvalue weighted by Crippen LogP contribution is -2.31. The number of alkyl halides is 3. The number of phenols is 1. The van der Waals surface area contributed by atoms with Crippen LogP contribution in [0.3, 0.4) is 0 Å². The van der Waals surface area contributed by atoms with Crippen LogP contribution in [0, 0.1) is 11.8 Å². The number of phenolic OH excluding ortho intramolecular Hbond substituents is 1. The van der Waals surface area contributed by atoms with Crippen LogP contribution in [0.25, 0.3) is 0 Å². The molecule has 1 aromatic heterocycles. The van der Waals surface area contributed by atoms with Gasteiger partial charge in [0.05, 0.1) is 19.3 Å². The summed E-state index contributed by atoms with van der Waals surface area (Å²) < 4.78 is 43.5. The van der Waals surface area contributed by atoms with E-state index in [4.69, 9.17) is 19.4 Å². The van der Waals surface area contributed by atoms with Crippen molar-refractivity contribution in [3.05, 3.63) is 59.9 Å². The highest BCUT2D eigenvalue weighted by molar-refractivity contribution is 5.94. The maximum Gasteiger partial charge on any atom is 0.490 e. The molecule has 0 bridgehead atoms. The predicted octanol–water partition coefficient (Wildman–Crippen LogP) is 3.11. The van der Waals surface area contributed by atoms with Crippen molar-refractivity contribution in [3.8, 4) is 5.75 Å². The van der Waals surface area contributed by atoms with Gasteiger partial charge < -0.3 is 24.6 Å². The van der Waals surface area contributed by atoms with Crippen molar-refractivity contribution < 1.29 is 42.4 Å². The fourth-order valence-corrected chi connectivity index (χ4v) is 3.99. The Morgan fingerprint density at radius 3 is 2.53 bits per heavy atom. The molecule has 34 heavy (non-hydrogen) atoms. The predicted molar refractivity (Wildman–Crippen MR) is 113 cm³/mol. The van der Waals surface area contributed by atoms with Crippen molar-refractivity contribution in [2.24, 2.45) is 11.8 Å². The minimum atomic E-state index is -5.08. The Morgan fingerprint density at radius 1 is 1.18 bits per heavy atom. The van der Waals surface area contributed by atoms with Crippen LogP contribution >= 0.6 is 0 Å². The maximum absolute atomic E-state index is 12.7. The number of likely N-dealkylation sites (tertiary alicyclic amines) is 1. The number of carbonyl (C=O) groups is 2. The highest BCUT2D eigenvalue weighted by Gasteiger charge is 2.45. The van der Waals surface area contributed by atoms with Crippen molar-refractivity contribution >= 4 is 11.9 Å². The number of carboxylic acids is 1. The Hall–Kier alpha value is -3.18. The van der Waals surface area contributed by atoms with Crippen LogP contribution in [0.4, 0.5) is 13.2 Å². The number of halogens is 3. The van der Waals surface area contributed by atoms with Gasteiger partial charge in [-0.1, -0.05) is 6.07 Å². The molecule has 0 radical (unpaired) electrons. The molecule has 2 aliphatic rings. The topological polar surface area (TPSA) is 109 Å². The molecule has 2 aromatic rings. The first-order valence-electron chi connectivity index (χ1n) is 10.6. The summed E-state index contributed by atoms with van der Waals surface area (Å²) in [4.78, 5) is 27.4. The van der Waals surface area contributed by atoms with Crippen molar-refractivity contribution in [2.75, 3.05) is 26.3 Å². The van der Waals surface area contributed by atoms with Crippen LogP contribution in [0.15, 0.2) is 48.8 Å². The molecule has 2 aliphatic heterocycles. The van der Waals surface area contributed by atoms with Crippen LogP contribution in [-0.2, 0) is 20.9 Å². The summed E-state index contributed by atoms with van der Waals surface area (Å²) in [7, 11) is 0. The van der Waals surface area contributed by atoms with Crippen molar-refractivity contribution in [1.82, 2.24) is 9.88 Å². The number of benzene rings is 1. The van der Waals surface area contributed by atoms with Gasteiger partial charge in [-0.2, -0.15) is 13.2 Å². The first-order chi connectivity index (χ1) is 16.1. The first kappa shape index (κ1) is 25.4. The van der Waals surface area contributed by atoms with E-state index in [9.17, 15) is 23.1 Å². The number of aliphatic carboxylic acids is 1. The second-order valence-electron chi connectivity index (χ2n) is 8.06. The molecule has 4 rings (SSSR count). The fourth-order valence-electron chi connectivity index (χ4n) is 3.99. The number of carboxylic acid groups (broad SMARTS) is 1. The number of rotatable bonds is 6. The van der Waals surface area contributed by atoms with Gasteiger partial charge in [0.2, 0.25) is 0 Å². The van der Waals surface area contributed by atoms with Gasteiger partial charge in [-0.25, -0.2) is 4.79 Å². The van der Waals surface area contributed by atoms with Crippen LogP contribution in [-0.4, -0.2) is 70.6 Å². The summed E-state index contributed by atoms with van der Waals surface area (Å²) in [6.45, 7) is 3.33. The van der Waals surface area contributed by atoms with Gasteiger partial charge in [0, 0.05) is 43.6 Å². The molecular weight excluding hydrogens is 457 g/mol. The van der Waals surface area contributed by atoms with E-state index in [1.165, 1.54) is 6.07 Å². The van der Waals surface area contributed by atoms with E-state index >= 15 is 0 Å². The zero-order chi connectivity index (χ0) is 24.7. The summed E-state index contributed by atoms with van der Waals surface area (Å²) >= 11 is 0. The van der Waals surface area contributed by atoms with Gasteiger partial charge in [0.1, 0.15) is 5.75 Å². The van der Waals surface area contributed by atoms with Gasteiger partial charge in [-0.15, -0.1) is 0 Å². The summed E-state index contributed by atoms with van der Waals surface area (Å²) in [5, 5.41) is 16.7. The van der Waals surface area contributed by atoms with Gasteiger partial charge >= 0.3 is 12.1 Å². The zero-order valence-electron chi connectivity index (χ0n) is 18.1. The summed E-state index contributed by atoms with van der Waals surface area (Å²) in [5.41, 5.74) is 1.64. The molecule has 184 valence electrons. The third-order valence-electron chi connectivity index (χ3n) is 5.71. The smallest absolute Gasteiger partial charge is 0.490 e. The van der Waals surface area contributed by atoms with Gasteiger partial charge in [0.25, 0.3) is 5.91 Å². The number of nitrogens with zero attached hydrogens (tertiary/aromatic N) is 2. The second kappa shape index (κ2) is 11.3. The lowest BCUT2D eigenvalue weighted by Gasteiger charge is -2.20. The SMILES string of the molecule is O=C(O)C(F)(F)F.O=C(c1cccc(O)c1)N1C[C@H]2[C@@H](CCOCc3ccncc3)CO[C@H]2C1. The molecule has 2 saturated heterocycles. The normalized spacial score (nSPS) is 21.5. The van der Waals surface area contributed by atoms with E-state index in [0.29, 0.717) is 43.7 Å². The molecule has 0 aliphatic carbocycles. The van der Waals surface area contributed by atoms with Crippen LogP contribution in [0.1, 0.15) is 22.3 Å². The second-order valence-corrected chi connectivity index (χ2v) is 8.06. The quantitative estimate of drug-likeness (QED) is 0.609. The van der Waals surface area contributed by atoms with E-state index in [1.807, 2.05) is 17.0 Å². The van der Waals surface area contributed by atoms with Gasteiger partial charge in [-0.3, -0.25) is 9.78 Å². The molecule has 0 saturated carbocycles. The molecular formula is C23H25F3N2O6. The third kappa shape index (κ3) is 6.91. The van der Waals surface area contributed by atoms with E-state index < -0.39 is 12.1 Å². The van der Waals surface area contributed by atoms with Crippen LogP contribution in [0.5, 0.6) is 5.75 Å². The standard InChI is InChI=1S/C21H24N2O4.C2HF3O2/c24-18-3-1-2-16(10-18)21(25)23-11-19-17(14-27-20(19)12-23)6-9-26-13-15-4-7-22-8-5-15;3-2(4,5)1(6)7/h1-5,7-8,10,17,19-20,24H,6,9,11-14H2;(H,6,7)/t17-,19-,20-;/m0./s1. The van der Waals surface area contributed by atoms with Crippen LogP contribution < -0.4 is 0 Å². The molecule has 0 unspecified atom stereocenters. The fraction of sp³-hybridized carbons (Fsp3) is 0.435. The minimum Gasteiger partial charge on any atom is -0.508 e. The largest absolute Gasteiger partial charge is 0.508 e. The number of ether oxygens (including phenoxy) is 2. The Kier molecular flexibility index (Phi) is 8.46. The molecule has 1 amide bonds. The van der Waals surface area contributed by atoms with E-state index in [2.05, 4.69) is 4.98 Å². The number of hydrogen-bond donors (Lipinski definition) is 2. The third-order valence-corrected chi connectivity index (χ3v) is 5.71. The minimum absolute atomic E-state index is 0.0448. The molecule has 0 spiro atoms. The Morgan fingerprint density at radius 2 is 1.88 bits per heavy atom. The number of aromatic nitrogens is 1. The van der Waals surface area contributed by atoms with Crippen molar-refractivity contribution in [1.29, 1.82) is 0 Å². The first-order valence-corrected chi connectivity index (χ1v) is 10.6. The number of aromatic hydroxyl groups is 1. The Bertz CT molecular complexity index is 973. The summed E-state index contributed by atoms with van der Waals surface area (Å²) in [6.07, 6.45) is -0.507. The number of fused-ring (bicyclic) bond motifs is 1. The molecule has 2 N–H and O–H groups in total. The lowest BCUT2D eigenvalue weighted by molar-refractivity contribution is -0.192. The summed E-state index contributed by atoms with van der Waals surface area (Å²) in [5.74, 6) is -1.92. The van der Waals surface area contributed by atoms with Crippen LogP contribution in [0.2, 0.25) is 0 Å². The number of carbonyl (C=O) groups excluding carboxylic acids is 1. The number of pyridine rings is 1.